The molecule has 0 bridgehead atoms. The number of thiazole rings is 1. The number of hydrogen-bond donors (Lipinski definition) is 0. The highest BCUT2D eigenvalue weighted by Crippen LogP contribution is 2.35. The molecule has 1 atom stereocenters. The molecular weight excluding hydrogens is 599 g/mol. The Morgan fingerprint density at radius 3 is 2.43 bits per heavy atom. The molecule has 186 valence electrons. The first-order valence-electron chi connectivity index (χ1n) is 11.7. The monoisotopic (exact) mass is 622 g/mol. The Balaban J connectivity index is 1.80. The molecule has 1 aromatic heterocycles. The average molecular weight is 622 g/mol. The topological polar surface area (TPSA) is 69.9 Å². The number of fused-ring (bicyclic) bond motifs is 1. The summed E-state index contributed by atoms with van der Waals surface area (Å²) in [5.74, 6) is 0.285. The van der Waals surface area contributed by atoms with Crippen LogP contribution in [0.4, 0.5) is 0 Å². The van der Waals surface area contributed by atoms with Crippen molar-refractivity contribution in [2.24, 2.45) is 4.99 Å². The molecule has 5 rings (SSSR count). The van der Waals surface area contributed by atoms with Crippen molar-refractivity contribution in [1.29, 1.82) is 0 Å². The summed E-state index contributed by atoms with van der Waals surface area (Å²) < 4.78 is 13.9. The molecule has 6 nitrogen and oxygen atoms in total. The van der Waals surface area contributed by atoms with Crippen molar-refractivity contribution in [2.45, 2.75) is 13.0 Å². The van der Waals surface area contributed by atoms with Crippen molar-refractivity contribution in [2.75, 3.05) is 13.7 Å². The second-order valence-electron chi connectivity index (χ2n) is 8.24. The highest BCUT2D eigenvalue weighted by atomic mass is 127. The fraction of sp³-hybridized carbons (Fsp3) is 0.138. The molecule has 3 aromatic carbocycles. The van der Waals surface area contributed by atoms with Gasteiger partial charge in [-0.2, -0.15) is 0 Å². The number of esters is 1. The maximum Gasteiger partial charge on any atom is 0.338 e. The van der Waals surface area contributed by atoms with Gasteiger partial charge in [-0.25, -0.2) is 9.79 Å². The van der Waals surface area contributed by atoms with Crippen molar-refractivity contribution in [1.82, 2.24) is 4.57 Å². The largest absolute Gasteiger partial charge is 0.496 e. The molecule has 0 N–H and O–H groups in total. The zero-order chi connectivity index (χ0) is 25.9. The Morgan fingerprint density at radius 1 is 1.08 bits per heavy atom. The Kier molecular flexibility index (Phi) is 7.38. The van der Waals surface area contributed by atoms with Crippen LogP contribution in [0.1, 0.15) is 29.7 Å². The molecule has 37 heavy (non-hydrogen) atoms. The van der Waals surface area contributed by atoms with E-state index in [1.807, 2.05) is 84.9 Å². The minimum absolute atomic E-state index is 0.211. The van der Waals surface area contributed by atoms with E-state index in [2.05, 4.69) is 22.6 Å². The van der Waals surface area contributed by atoms with Gasteiger partial charge in [-0.15, -0.1) is 0 Å². The first kappa shape index (κ1) is 25.2. The zero-order valence-corrected chi connectivity index (χ0v) is 23.2. The fourth-order valence-electron chi connectivity index (χ4n) is 4.31. The third-order valence-corrected chi connectivity index (χ3v) is 7.79. The van der Waals surface area contributed by atoms with Crippen LogP contribution in [0, 0.1) is 3.57 Å². The molecule has 2 heterocycles. The number of aromatic nitrogens is 1. The van der Waals surface area contributed by atoms with Crippen LogP contribution in [0.15, 0.2) is 94.2 Å². The number of ether oxygens (including phenoxy) is 2. The zero-order valence-electron chi connectivity index (χ0n) is 20.2. The molecule has 0 fully saturated rings. The quantitative estimate of drug-likeness (QED) is 0.234. The lowest BCUT2D eigenvalue weighted by Gasteiger charge is -2.25. The summed E-state index contributed by atoms with van der Waals surface area (Å²) in [6.45, 7) is 1.98. The Morgan fingerprint density at radius 2 is 1.78 bits per heavy atom. The summed E-state index contributed by atoms with van der Waals surface area (Å²) in [6, 6.07) is 24.2. The molecule has 4 aromatic rings. The second kappa shape index (κ2) is 10.9. The molecule has 0 saturated carbocycles. The van der Waals surface area contributed by atoms with E-state index in [0.717, 1.165) is 26.0 Å². The van der Waals surface area contributed by atoms with Crippen molar-refractivity contribution < 1.29 is 14.3 Å². The highest BCUT2D eigenvalue weighted by Gasteiger charge is 2.35. The van der Waals surface area contributed by atoms with Crippen LogP contribution in [-0.2, 0) is 9.53 Å². The summed E-state index contributed by atoms with van der Waals surface area (Å²) >= 11 is 3.52. The van der Waals surface area contributed by atoms with E-state index in [9.17, 15) is 9.59 Å². The fourth-order valence-corrected chi connectivity index (χ4v) is 6.08. The van der Waals surface area contributed by atoms with Gasteiger partial charge in [-0.1, -0.05) is 78.1 Å². The Labute approximate surface area is 231 Å². The van der Waals surface area contributed by atoms with Gasteiger partial charge in [-0.05, 0) is 58.9 Å². The minimum atomic E-state index is -0.676. The van der Waals surface area contributed by atoms with E-state index in [-0.39, 0.29) is 12.2 Å². The third kappa shape index (κ3) is 4.91. The van der Waals surface area contributed by atoms with Gasteiger partial charge >= 0.3 is 5.97 Å². The summed E-state index contributed by atoms with van der Waals surface area (Å²) in [5, 5.41) is 0. The van der Waals surface area contributed by atoms with Gasteiger partial charge in [0.1, 0.15) is 5.75 Å². The molecule has 0 spiro atoms. The van der Waals surface area contributed by atoms with E-state index >= 15 is 0 Å². The van der Waals surface area contributed by atoms with E-state index in [4.69, 9.17) is 14.5 Å². The predicted molar refractivity (Wildman–Crippen MR) is 153 cm³/mol. The summed E-state index contributed by atoms with van der Waals surface area (Å²) in [4.78, 5) is 32.7. The van der Waals surface area contributed by atoms with Crippen molar-refractivity contribution >= 4 is 51.7 Å². The lowest BCUT2D eigenvalue weighted by Crippen LogP contribution is -2.39. The first-order chi connectivity index (χ1) is 18.0. The van der Waals surface area contributed by atoms with Crippen molar-refractivity contribution in [3.8, 4) is 5.75 Å². The van der Waals surface area contributed by atoms with Gasteiger partial charge in [0.05, 0.1) is 39.1 Å². The summed E-state index contributed by atoms with van der Waals surface area (Å²) in [5.41, 5.74) is 3.11. The molecule has 0 saturated heterocycles. The van der Waals surface area contributed by atoms with Crippen LogP contribution >= 0.6 is 33.9 Å². The summed E-state index contributed by atoms with van der Waals surface area (Å²) in [7, 11) is 1.63. The normalized spacial score (nSPS) is 15.2. The van der Waals surface area contributed by atoms with Crippen LogP contribution < -0.4 is 19.6 Å². The molecule has 0 amide bonds. The number of carbonyl (C=O) groups excluding carboxylic acids is 1. The van der Waals surface area contributed by atoms with Gasteiger partial charge in [-0.3, -0.25) is 9.36 Å². The van der Waals surface area contributed by atoms with Crippen molar-refractivity contribution in [3.05, 3.63) is 124 Å². The maximum absolute atomic E-state index is 13.9. The summed E-state index contributed by atoms with van der Waals surface area (Å²) in [6.07, 6.45) is 1.85. The molecule has 8 heteroatoms. The van der Waals surface area contributed by atoms with Crippen LogP contribution in [0.25, 0.3) is 11.8 Å². The van der Waals surface area contributed by atoms with Gasteiger partial charge in [0.25, 0.3) is 5.56 Å². The second-order valence-corrected chi connectivity index (χ2v) is 10.4. The molecule has 0 aliphatic carbocycles. The van der Waals surface area contributed by atoms with Gasteiger partial charge < -0.3 is 9.47 Å². The van der Waals surface area contributed by atoms with E-state index in [1.165, 1.54) is 11.3 Å². The van der Waals surface area contributed by atoms with Gasteiger partial charge in [0, 0.05) is 5.56 Å². The number of nitrogens with zero attached hydrogens (tertiary/aromatic N) is 2. The number of hydrogen-bond acceptors (Lipinski definition) is 6. The lowest BCUT2D eigenvalue weighted by molar-refractivity contribution is -0.138. The van der Waals surface area contributed by atoms with Crippen molar-refractivity contribution in [3.63, 3.8) is 0 Å². The molecule has 0 unspecified atom stereocenters. The van der Waals surface area contributed by atoms with E-state index in [1.54, 1.807) is 18.6 Å². The average Bonchev–Trinajstić information content (AvgIpc) is 3.23. The Hall–Kier alpha value is -3.50. The molecule has 0 radical (unpaired) electrons. The van der Waals surface area contributed by atoms with E-state index in [0.29, 0.717) is 20.6 Å². The maximum atomic E-state index is 13.9. The standard InChI is InChI=1S/C29H23IN2O4S/c1-3-36-28(34)24-25(19-10-6-4-7-11-19)31-29-32(26(24)20-12-8-5-9-13-20)27(33)23(37-29)17-18-14-15-22(35-2)21(30)16-18/h4-17,26H,3H2,1-2H3/b23-17+/t26-/m1/s1. The predicted octanol–water partition coefficient (Wildman–Crippen LogP) is 4.55. The number of rotatable bonds is 6. The Bertz CT molecular complexity index is 1670. The van der Waals surface area contributed by atoms with Crippen LogP contribution in [0.5, 0.6) is 5.75 Å². The number of benzene rings is 3. The first-order valence-corrected chi connectivity index (χ1v) is 13.6. The van der Waals surface area contributed by atoms with Crippen LogP contribution in [-0.4, -0.2) is 24.3 Å². The molecular formula is C29H23IN2O4S. The lowest BCUT2D eigenvalue weighted by atomic mass is 9.93. The minimum Gasteiger partial charge on any atom is -0.496 e. The van der Waals surface area contributed by atoms with Crippen LogP contribution in [0.2, 0.25) is 0 Å². The third-order valence-electron chi connectivity index (χ3n) is 5.96. The SMILES string of the molecule is CCOC(=O)C1=C(c2ccccc2)N=c2s/c(=C/c3ccc(OC)c(I)c3)c(=O)n2[C@@H]1c1ccccc1. The highest BCUT2D eigenvalue weighted by molar-refractivity contribution is 14.1. The number of carbonyl (C=O) groups is 1. The smallest absolute Gasteiger partial charge is 0.338 e. The molecule has 1 aliphatic heterocycles. The van der Waals surface area contributed by atoms with Crippen LogP contribution in [0.3, 0.4) is 0 Å². The molecule has 1 aliphatic rings. The number of halogens is 1. The van der Waals surface area contributed by atoms with Gasteiger partial charge in [0.15, 0.2) is 4.80 Å². The van der Waals surface area contributed by atoms with E-state index < -0.39 is 12.0 Å². The number of methoxy groups -OCH3 is 1. The van der Waals surface area contributed by atoms with Gasteiger partial charge in [0.2, 0.25) is 0 Å².